The van der Waals surface area contributed by atoms with Gasteiger partial charge in [-0.15, -0.1) is 5.10 Å². The molecule has 0 atom stereocenters. The second-order valence-corrected chi connectivity index (χ2v) is 8.40. The lowest BCUT2D eigenvalue weighted by atomic mass is 9.94. The summed E-state index contributed by atoms with van der Waals surface area (Å²) in [6.45, 7) is 0.977. The minimum absolute atomic E-state index is 0.480. The molecule has 2 aromatic carbocycles. The van der Waals surface area contributed by atoms with Crippen LogP contribution in [0, 0.1) is 0 Å². The van der Waals surface area contributed by atoms with Crippen LogP contribution >= 0.6 is 11.8 Å². The monoisotopic (exact) mass is 394 g/mol. The average Bonchev–Trinajstić information content (AvgIpc) is 2.74. The number of nitrogens with zero attached hydrogens (tertiary/aromatic N) is 3. The van der Waals surface area contributed by atoms with Crippen LogP contribution < -0.4 is 5.73 Å². The summed E-state index contributed by atoms with van der Waals surface area (Å²) in [6, 6.07) is 19.5. The lowest BCUT2D eigenvalue weighted by Gasteiger charge is -2.31. The molecular weight excluding hydrogens is 364 g/mol. The number of nitrogens with two attached hydrogens (primary N) is 1. The van der Waals surface area contributed by atoms with Crippen LogP contribution in [0.15, 0.2) is 64.8 Å². The molecule has 148 valence electrons. The number of thioether (sulfide) groups is 1. The van der Waals surface area contributed by atoms with Crippen molar-refractivity contribution in [2.45, 2.75) is 50.4 Å². The molecule has 0 aliphatic heterocycles. The molecular formula is C23H30N4S. The summed E-state index contributed by atoms with van der Waals surface area (Å²) < 4.78 is 0. The fraction of sp³-hybridized carbons (Fsp3) is 0.391. The first kappa shape index (κ1) is 20.6. The second-order valence-electron chi connectivity index (χ2n) is 7.41. The molecule has 5 heteroatoms. The molecule has 0 bridgehead atoms. The van der Waals surface area contributed by atoms with Gasteiger partial charge in [-0.3, -0.25) is 4.90 Å². The number of hydrogen-bond donors (Lipinski definition) is 1. The predicted molar refractivity (Wildman–Crippen MR) is 122 cm³/mol. The number of benzene rings is 2. The minimum Gasteiger partial charge on any atom is -0.377 e. The van der Waals surface area contributed by atoms with Gasteiger partial charge in [0.25, 0.3) is 0 Å². The SMILES string of the molecule is CN(Cc1cccc(C=NN=C(N)SCc2ccccc2)c1)C1CCCCC1. The lowest BCUT2D eigenvalue weighted by molar-refractivity contribution is 0.184. The summed E-state index contributed by atoms with van der Waals surface area (Å²) in [7, 11) is 2.24. The van der Waals surface area contributed by atoms with Crippen LogP contribution in [0.1, 0.15) is 48.8 Å². The first-order chi connectivity index (χ1) is 13.7. The molecule has 1 saturated carbocycles. The van der Waals surface area contributed by atoms with Crippen molar-refractivity contribution in [3.05, 3.63) is 71.3 Å². The van der Waals surface area contributed by atoms with Gasteiger partial charge in [0, 0.05) is 18.3 Å². The highest BCUT2D eigenvalue weighted by Gasteiger charge is 2.17. The fourth-order valence-corrected chi connectivity index (χ4v) is 4.24. The summed E-state index contributed by atoms with van der Waals surface area (Å²) in [5.41, 5.74) is 9.55. The topological polar surface area (TPSA) is 54.0 Å². The summed E-state index contributed by atoms with van der Waals surface area (Å²) in [6.07, 6.45) is 8.55. The molecule has 1 aliphatic carbocycles. The van der Waals surface area contributed by atoms with E-state index in [1.54, 1.807) is 6.21 Å². The fourth-order valence-electron chi connectivity index (χ4n) is 3.62. The Morgan fingerprint density at radius 3 is 2.61 bits per heavy atom. The molecule has 0 aromatic heterocycles. The highest BCUT2D eigenvalue weighted by molar-refractivity contribution is 8.13. The maximum absolute atomic E-state index is 5.96. The Morgan fingerprint density at radius 2 is 1.82 bits per heavy atom. The zero-order valence-electron chi connectivity index (χ0n) is 16.6. The third-order valence-corrected chi connectivity index (χ3v) is 6.03. The van der Waals surface area contributed by atoms with Crippen molar-refractivity contribution >= 4 is 23.1 Å². The molecule has 2 N–H and O–H groups in total. The van der Waals surface area contributed by atoms with Gasteiger partial charge in [0.1, 0.15) is 0 Å². The standard InChI is InChI=1S/C23H30N4S/c1-27(22-13-6-3-7-14-22)17-21-12-8-11-20(15-21)16-25-26-23(24)28-18-19-9-4-2-5-10-19/h2,4-5,8-12,15-16,22H,3,6-7,13-14,17-18H2,1H3,(H2,24,26). The highest BCUT2D eigenvalue weighted by atomic mass is 32.2. The first-order valence-electron chi connectivity index (χ1n) is 10.0. The Kier molecular flexibility index (Phi) is 8.12. The van der Waals surface area contributed by atoms with Crippen LogP contribution in [0.2, 0.25) is 0 Å². The molecule has 28 heavy (non-hydrogen) atoms. The Balaban J connectivity index is 1.51. The van der Waals surface area contributed by atoms with E-state index in [0.29, 0.717) is 5.17 Å². The summed E-state index contributed by atoms with van der Waals surface area (Å²) in [5.74, 6) is 0.800. The van der Waals surface area contributed by atoms with Gasteiger partial charge in [-0.1, -0.05) is 79.6 Å². The summed E-state index contributed by atoms with van der Waals surface area (Å²) >= 11 is 1.50. The van der Waals surface area contributed by atoms with Crippen LogP contribution in [0.5, 0.6) is 0 Å². The number of amidine groups is 1. The maximum atomic E-state index is 5.96. The molecule has 3 rings (SSSR count). The van der Waals surface area contributed by atoms with E-state index in [0.717, 1.165) is 23.9 Å². The molecule has 2 aromatic rings. The van der Waals surface area contributed by atoms with Gasteiger partial charge in [-0.05, 0) is 42.6 Å². The number of hydrogen-bond acceptors (Lipinski definition) is 4. The van der Waals surface area contributed by atoms with Crippen LogP contribution in [-0.4, -0.2) is 29.4 Å². The average molecular weight is 395 g/mol. The van der Waals surface area contributed by atoms with E-state index < -0.39 is 0 Å². The molecule has 1 aliphatic rings. The van der Waals surface area contributed by atoms with Crippen LogP contribution in [0.25, 0.3) is 0 Å². The maximum Gasteiger partial charge on any atom is 0.180 e. The van der Waals surface area contributed by atoms with Crippen molar-refractivity contribution in [1.29, 1.82) is 0 Å². The second kappa shape index (κ2) is 11.0. The third-order valence-electron chi connectivity index (χ3n) is 5.17. The van der Waals surface area contributed by atoms with Crippen molar-refractivity contribution in [2.75, 3.05) is 7.05 Å². The van der Waals surface area contributed by atoms with Gasteiger partial charge in [0.15, 0.2) is 5.17 Å². The van der Waals surface area contributed by atoms with E-state index in [1.165, 1.54) is 55.0 Å². The summed E-state index contributed by atoms with van der Waals surface area (Å²) in [5, 5.41) is 8.76. The Labute approximate surface area is 172 Å². The zero-order chi connectivity index (χ0) is 19.6. The molecule has 4 nitrogen and oxygen atoms in total. The normalized spacial score (nSPS) is 16.1. The van der Waals surface area contributed by atoms with Crippen LogP contribution in [-0.2, 0) is 12.3 Å². The van der Waals surface area contributed by atoms with E-state index in [4.69, 9.17) is 5.73 Å². The van der Waals surface area contributed by atoms with Gasteiger partial charge >= 0.3 is 0 Å². The predicted octanol–water partition coefficient (Wildman–Crippen LogP) is 5.03. The Hall–Kier alpha value is -2.11. The third kappa shape index (κ3) is 6.80. The van der Waals surface area contributed by atoms with Crippen molar-refractivity contribution in [3.8, 4) is 0 Å². The molecule has 1 fully saturated rings. The molecule has 0 saturated heterocycles. The zero-order valence-corrected chi connectivity index (χ0v) is 17.4. The Morgan fingerprint density at radius 1 is 1.07 bits per heavy atom. The number of rotatable bonds is 7. The highest BCUT2D eigenvalue weighted by Crippen LogP contribution is 2.23. The van der Waals surface area contributed by atoms with Gasteiger partial charge in [-0.2, -0.15) is 5.10 Å². The minimum atomic E-state index is 0.480. The van der Waals surface area contributed by atoms with E-state index in [1.807, 2.05) is 18.2 Å². The van der Waals surface area contributed by atoms with Gasteiger partial charge < -0.3 is 5.73 Å². The molecule has 0 heterocycles. The van der Waals surface area contributed by atoms with Crippen molar-refractivity contribution in [3.63, 3.8) is 0 Å². The van der Waals surface area contributed by atoms with Crippen molar-refractivity contribution in [1.82, 2.24) is 4.90 Å². The van der Waals surface area contributed by atoms with Crippen LogP contribution in [0.4, 0.5) is 0 Å². The molecule has 0 amide bonds. The van der Waals surface area contributed by atoms with Crippen LogP contribution in [0.3, 0.4) is 0 Å². The van der Waals surface area contributed by atoms with E-state index in [-0.39, 0.29) is 0 Å². The molecule has 0 spiro atoms. The lowest BCUT2D eigenvalue weighted by Crippen LogP contribution is -2.32. The molecule has 0 unspecified atom stereocenters. The largest absolute Gasteiger partial charge is 0.377 e. The smallest absolute Gasteiger partial charge is 0.180 e. The van der Waals surface area contributed by atoms with E-state index in [9.17, 15) is 0 Å². The van der Waals surface area contributed by atoms with Crippen molar-refractivity contribution < 1.29 is 0 Å². The van der Waals surface area contributed by atoms with E-state index in [2.05, 4.69) is 58.5 Å². The van der Waals surface area contributed by atoms with Gasteiger partial charge in [0.2, 0.25) is 0 Å². The van der Waals surface area contributed by atoms with Crippen molar-refractivity contribution in [2.24, 2.45) is 15.9 Å². The molecule has 0 radical (unpaired) electrons. The first-order valence-corrected chi connectivity index (χ1v) is 11.0. The van der Waals surface area contributed by atoms with Gasteiger partial charge in [0.05, 0.1) is 6.21 Å². The quantitative estimate of drug-likeness (QED) is 0.407. The summed E-state index contributed by atoms with van der Waals surface area (Å²) in [4.78, 5) is 2.49. The van der Waals surface area contributed by atoms with E-state index >= 15 is 0 Å². The van der Waals surface area contributed by atoms with Gasteiger partial charge in [-0.25, -0.2) is 0 Å². The Bertz CT molecular complexity index is 782.